The van der Waals surface area contributed by atoms with Crippen LogP contribution in [0, 0.1) is 0 Å². The summed E-state index contributed by atoms with van der Waals surface area (Å²) in [6, 6.07) is -0.0718. The van der Waals surface area contributed by atoms with Gasteiger partial charge in [0.2, 0.25) is 5.91 Å². The molecule has 1 atom stereocenters. The van der Waals surface area contributed by atoms with Gasteiger partial charge in [-0.3, -0.25) is 4.79 Å². The predicted molar refractivity (Wildman–Crippen MR) is 41.5 cm³/mol. The molecule has 0 aromatic rings. The zero-order valence-electron chi connectivity index (χ0n) is 6.48. The fourth-order valence-electron chi connectivity index (χ4n) is 0.629. The molecule has 58 valence electrons. The van der Waals surface area contributed by atoms with Crippen LogP contribution in [0.4, 0.5) is 0 Å². The molecule has 0 fully saturated rings. The first kappa shape index (κ1) is 9.17. The van der Waals surface area contributed by atoms with Crippen molar-refractivity contribution < 1.29 is 4.79 Å². The molecule has 0 saturated heterocycles. The van der Waals surface area contributed by atoms with Gasteiger partial charge < -0.3 is 11.1 Å². The maximum atomic E-state index is 10.5. The molecule has 1 unspecified atom stereocenters. The van der Waals surface area contributed by atoms with E-state index < -0.39 is 0 Å². The molecule has 0 aromatic heterocycles. The van der Waals surface area contributed by atoms with Gasteiger partial charge in [0.25, 0.3) is 0 Å². The van der Waals surface area contributed by atoms with E-state index in [9.17, 15) is 4.79 Å². The van der Waals surface area contributed by atoms with Crippen LogP contribution in [-0.2, 0) is 4.79 Å². The summed E-state index contributed by atoms with van der Waals surface area (Å²) in [6.07, 6.45) is 0. The second kappa shape index (κ2) is 4.06. The van der Waals surface area contributed by atoms with Gasteiger partial charge in [-0.2, -0.15) is 0 Å². The Kier molecular flexibility index (Phi) is 3.72. The van der Waals surface area contributed by atoms with E-state index >= 15 is 0 Å². The van der Waals surface area contributed by atoms with Crippen LogP contribution in [0.2, 0.25) is 0 Å². The van der Waals surface area contributed by atoms with E-state index in [1.807, 2.05) is 6.92 Å². The largest absolute Gasteiger partial charge is 0.349 e. The summed E-state index contributed by atoms with van der Waals surface area (Å²) in [5.74, 6) is -0.0709. The van der Waals surface area contributed by atoms with Crippen molar-refractivity contribution in [3.63, 3.8) is 0 Å². The van der Waals surface area contributed by atoms with Crippen LogP contribution in [0.1, 0.15) is 13.8 Å². The molecule has 0 aromatic carbocycles. The molecule has 3 nitrogen and oxygen atoms in total. The highest BCUT2D eigenvalue weighted by Crippen LogP contribution is 1.94. The van der Waals surface area contributed by atoms with Gasteiger partial charge in [0.15, 0.2) is 0 Å². The molecule has 1 amide bonds. The number of hydrogen-bond acceptors (Lipinski definition) is 2. The first-order valence-corrected chi connectivity index (χ1v) is 3.20. The Morgan fingerprint density at radius 2 is 2.20 bits per heavy atom. The van der Waals surface area contributed by atoms with E-state index in [2.05, 4.69) is 11.9 Å². The fraction of sp³-hybridized carbons (Fsp3) is 0.571. The van der Waals surface area contributed by atoms with E-state index in [1.54, 1.807) is 0 Å². The lowest BCUT2D eigenvalue weighted by molar-refractivity contribution is -0.119. The molecule has 0 aliphatic rings. The van der Waals surface area contributed by atoms with Gasteiger partial charge in [-0.05, 0) is 6.92 Å². The molecule has 0 rings (SSSR count). The van der Waals surface area contributed by atoms with Crippen LogP contribution in [0.3, 0.4) is 0 Å². The Morgan fingerprint density at radius 1 is 1.70 bits per heavy atom. The predicted octanol–water partition coefficient (Wildman–Crippen LogP) is 0.0259. The molecule has 3 N–H and O–H groups in total. The second-order valence-corrected chi connectivity index (χ2v) is 2.34. The van der Waals surface area contributed by atoms with Crippen molar-refractivity contribution in [2.45, 2.75) is 19.9 Å². The molecule has 0 radical (unpaired) electrons. The van der Waals surface area contributed by atoms with Crippen molar-refractivity contribution in [3.05, 3.63) is 12.2 Å². The maximum Gasteiger partial charge on any atom is 0.217 e. The summed E-state index contributed by atoms with van der Waals surface area (Å²) >= 11 is 0. The van der Waals surface area contributed by atoms with Gasteiger partial charge in [0.1, 0.15) is 0 Å². The number of nitrogens with two attached hydrogens (primary N) is 1. The van der Waals surface area contributed by atoms with E-state index in [0.717, 1.165) is 5.57 Å². The monoisotopic (exact) mass is 142 g/mol. The van der Waals surface area contributed by atoms with E-state index in [1.165, 1.54) is 6.92 Å². The highest BCUT2D eigenvalue weighted by Gasteiger charge is 2.06. The van der Waals surface area contributed by atoms with Crippen molar-refractivity contribution in [2.75, 3.05) is 6.54 Å². The lowest BCUT2D eigenvalue weighted by Gasteiger charge is -2.14. The SMILES string of the molecule is C=C(C)C(CN)NC(C)=O. The Bertz CT molecular complexity index is 143. The highest BCUT2D eigenvalue weighted by molar-refractivity contribution is 5.73. The van der Waals surface area contributed by atoms with Gasteiger partial charge in [0, 0.05) is 13.5 Å². The van der Waals surface area contributed by atoms with Crippen LogP contribution in [0.5, 0.6) is 0 Å². The van der Waals surface area contributed by atoms with E-state index in [-0.39, 0.29) is 11.9 Å². The van der Waals surface area contributed by atoms with Gasteiger partial charge in [0.05, 0.1) is 6.04 Å². The van der Waals surface area contributed by atoms with Crippen molar-refractivity contribution >= 4 is 5.91 Å². The lowest BCUT2D eigenvalue weighted by Crippen LogP contribution is -2.39. The number of carbonyl (C=O) groups is 1. The highest BCUT2D eigenvalue weighted by atomic mass is 16.1. The van der Waals surface area contributed by atoms with Crippen LogP contribution in [-0.4, -0.2) is 18.5 Å². The smallest absolute Gasteiger partial charge is 0.217 e. The standard InChI is InChI=1S/C7H14N2O/c1-5(2)7(4-8)9-6(3)10/h7H,1,4,8H2,2-3H3,(H,9,10). The Balaban J connectivity index is 3.83. The molecule has 0 bridgehead atoms. The molecule has 0 saturated carbocycles. The molecule has 0 spiro atoms. The Hall–Kier alpha value is -0.830. The third kappa shape index (κ3) is 3.25. The molecule has 3 heteroatoms. The zero-order valence-corrected chi connectivity index (χ0v) is 6.48. The van der Waals surface area contributed by atoms with Crippen LogP contribution >= 0.6 is 0 Å². The Labute approximate surface area is 61.3 Å². The normalized spacial score (nSPS) is 12.3. The molecule has 10 heavy (non-hydrogen) atoms. The van der Waals surface area contributed by atoms with Crippen molar-refractivity contribution in [2.24, 2.45) is 5.73 Å². The third-order valence-corrected chi connectivity index (χ3v) is 1.21. The number of carbonyl (C=O) groups excluding carboxylic acids is 1. The van der Waals surface area contributed by atoms with Gasteiger partial charge in [-0.25, -0.2) is 0 Å². The number of amides is 1. The first-order chi connectivity index (χ1) is 4.57. The summed E-state index contributed by atoms with van der Waals surface area (Å²) in [5, 5.41) is 2.67. The third-order valence-electron chi connectivity index (χ3n) is 1.21. The number of hydrogen-bond donors (Lipinski definition) is 2. The summed E-state index contributed by atoms with van der Waals surface area (Å²) in [6.45, 7) is 7.40. The summed E-state index contributed by atoms with van der Waals surface area (Å²) < 4.78 is 0. The average molecular weight is 142 g/mol. The molecule has 0 heterocycles. The lowest BCUT2D eigenvalue weighted by atomic mass is 10.1. The van der Waals surface area contributed by atoms with Crippen LogP contribution < -0.4 is 11.1 Å². The maximum absolute atomic E-state index is 10.5. The summed E-state index contributed by atoms with van der Waals surface area (Å²) in [4.78, 5) is 10.5. The topological polar surface area (TPSA) is 55.1 Å². The minimum absolute atomic E-state index is 0.0709. The average Bonchev–Trinajstić information content (AvgIpc) is 1.81. The number of rotatable bonds is 3. The fourth-order valence-corrected chi connectivity index (χ4v) is 0.629. The molecular formula is C7H14N2O. The van der Waals surface area contributed by atoms with E-state index in [0.29, 0.717) is 6.54 Å². The molecule has 0 aliphatic carbocycles. The van der Waals surface area contributed by atoms with Gasteiger partial charge in [-0.1, -0.05) is 12.2 Å². The molecular weight excluding hydrogens is 128 g/mol. The molecule has 0 aliphatic heterocycles. The summed E-state index contributed by atoms with van der Waals surface area (Å²) in [5.41, 5.74) is 6.23. The minimum Gasteiger partial charge on any atom is -0.349 e. The zero-order chi connectivity index (χ0) is 8.15. The van der Waals surface area contributed by atoms with Crippen molar-refractivity contribution in [3.8, 4) is 0 Å². The van der Waals surface area contributed by atoms with Crippen molar-refractivity contribution in [1.82, 2.24) is 5.32 Å². The second-order valence-electron chi connectivity index (χ2n) is 2.34. The first-order valence-electron chi connectivity index (χ1n) is 3.20. The van der Waals surface area contributed by atoms with Gasteiger partial charge in [-0.15, -0.1) is 0 Å². The minimum atomic E-state index is -0.0718. The Morgan fingerprint density at radius 3 is 2.30 bits per heavy atom. The van der Waals surface area contributed by atoms with Gasteiger partial charge >= 0.3 is 0 Å². The van der Waals surface area contributed by atoms with Crippen LogP contribution in [0.25, 0.3) is 0 Å². The number of nitrogens with one attached hydrogen (secondary N) is 1. The summed E-state index contributed by atoms with van der Waals surface area (Å²) in [7, 11) is 0. The van der Waals surface area contributed by atoms with Crippen molar-refractivity contribution in [1.29, 1.82) is 0 Å². The van der Waals surface area contributed by atoms with Crippen LogP contribution in [0.15, 0.2) is 12.2 Å². The van der Waals surface area contributed by atoms with E-state index in [4.69, 9.17) is 5.73 Å². The quantitative estimate of drug-likeness (QED) is 0.546.